The zero-order valence-corrected chi connectivity index (χ0v) is 14.9. The topological polar surface area (TPSA) is 51.5 Å². The van der Waals surface area contributed by atoms with E-state index in [1.54, 1.807) is 12.0 Å². The molecule has 5 nitrogen and oxygen atoms in total. The Morgan fingerprint density at radius 3 is 2.50 bits per heavy atom. The number of hydrogen-bond acceptors (Lipinski definition) is 3. The third kappa shape index (κ3) is 2.56. The molecule has 1 aliphatic heterocycles. The Morgan fingerprint density at radius 2 is 1.77 bits per heavy atom. The minimum atomic E-state index is -0.0969. The van der Waals surface area contributed by atoms with Crippen LogP contribution in [0.25, 0.3) is 10.9 Å². The molecule has 0 saturated carbocycles. The molecule has 0 radical (unpaired) electrons. The fourth-order valence-electron chi connectivity index (χ4n) is 3.64. The van der Waals surface area contributed by atoms with Crippen LogP contribution in [0.2, 0.25) is 0 Å². The summed E-state index contributed by atoms with van der Waals surface area (Å²) in [6.45, 7) is 0.893. The fourth-order valence-corrected chi connectivity index (χ4v) is 3.64. The van der Waals surface area contributed by atoms with Gasteiger partial charge in [-0.25, -0.2) is 0 Å². The molecule has 0 atom stereocenters. The molecule has 26 heavy (non-hydrogen) atoms. The van der Waals surface area contributed by atoms with Gasteiger partial charge in [0.25, 0.3) is 5.91 Å². The molecule has 5 heteroatoms. The summed E-state index contributed by atoms with van der Waals surface area (Å²) < 4.78 is 7.03. The van der Waals surface area contributed by atoms with Crippen molar-refractivity contribution in [1.29, 1.82) is 0 Å². The van der Waals surface area contributed by atoms with Crippen LogP contribution in [0, 0.1) is 0 Å². The van der Waals surface area contributed by atoms with Crippen molar-refractivity contribution in [3.8, 4) is 5.75 Å². The summed E-state index contributed by atoms with van der Waals surface area (Å²) in [4.78, 5) is 27.7. The number of ketones is 1. The van der Waals surface area contributed by atoms with Crippen LogP contribution in [0.15, 0.2) is 48.5 Å². The van der Waals surface area contributed by atoms with Gasteiger partial charge in [-0.2, -0.15) is 0 Å². The minimum absolute atomic E-state index is 0.0300. The van der Waals surface area contributed by atoms with Crippen molar-refractivity contribution in [2.75, 3.05) is 13.7 Å². The predicted octanol–water partition coefficient (Wildman–Crippen LogP) is 3.42. The van der Waals surface area contributed by atoms with Crippen molar-refractivity contribution in [1.82, 2.24) is 9.47 Å². The van der Waals surface area contributed by atoms with Gasteiger partial charge in [0.2, 0.25) is 0 Å². The number of nitrogens with zero attached hydrogens (tertiary/aromatic N) is 2. The summed E-state index contributed by atoms with van der Waals surface area (Å²) in [5.41, 5.74) is 2.96. The van der Waals surface area contributed by atoms with Gasteiger partial charge in [-0.3, -0.25) is 9.59 Å². The fraction of sp³-hybridized carbons (Fsp3) is 0.238. The van der Waals surface area contributed by atoms with E-state index in [0.29, 0.717) is 30.8 Å². The molecule has 0 unspecified atom stereocenters. The molecule has 4 rings (SSSR count). The quantitative estimate of drug-likeness (QED) is 0.729. The smallest absolute Gasteiger partial charge is 0.271 e. The number of aromatic nitrogens is 1. The largest absolute Gasteiger partial charge is 0.497 e. The van der Waals surface area contributed by atoms with Crippen LogP contribution in [-0.2, 0) is 13.6 Å². The van der Waals surface area contributed by atoms with E-state index < -0.39 is 0 Å². The molecule has 0 saturated heterocycles. The molecule has 0 aliphatic carbocycles. The van der Waals surface area contributed by atoms with Crippen LogP contribution in [0.3, 0.4) is 0 Å². The average Bonchev–Trinajstić information content (AvgIpc) is 2.91. The number of para-hydroxylation sites is 1. The molecular formula is C21H20N2O3. The summed E-state index contributed by atoms with van der Waals surface area (Å²) in [5.74, 6) is 0.713. The van der Waals surface area contributed by atoms with Gasteiger partial charge in [-0.1, -0.05) is 30.3 Å². The van der Waals surface area contributed by atoms with Gasteiger partial charge in [0.15, 0.2) is 5.78 Å². The highest BCUT2D eigenvalue weighted by molar-refractivity contribution is 6.17. The summed E-state index contributed by atoms with van der Waals surface area (Å²) >= 11 is 0. The lowest BCUT2D eigenvalue weighted by molar-refractivity contribution is 0.0737. The van der Waals surface area contributed by atoms with Crippen LogP contribution in [0.4, 0.5) is 0 Å². The lowest BCUT2D eigenvalue weighted by atomic mass is 10.1. The van der Waals surface area contributed by atoms with Crippen LogP contribution < -0.4 is 4.74 Å². The standard InChI is InChI=1S/C21H20N2O3/c1-22-17-6-4-3-5-16(17)19-18(24)11-12-23(21(25)20(19)22)13-14-7-9-15(26-2)10-8-14/h3-10H,11-13H2,1-2H3. The van der Waals surface area contributed by atoms with E-state index in [2.05, 4.69) is 0 Å². The van der Waals surface area contributed by atoms with Crippen molar-refractivity contribution < 1.29 is 14.3 Å². The number of ether oxygens (including phenoxy) is 1. The van der Waals surface area contributed by atoms with Gasteiger partial charge >= 0.3 is 0 Å². The van der Waals surface area contributed by atoms with Crippen LogP contribution in [0.1, 0.15) is 32.8 Å². The first-order valence-electron chi connectivity index (χ1n) is 8.63. The number of Topliss-reactive ketones (excluding diaryl/α,β-unsaturated/α-hetero) is 1. The van der Waals surface area contributed by atoms with E-state index in [0.717, 1.165) is 22.2 Å². The lowest BCUT2D eigenvalue weighted by Crippen LogP contribution is -2.31. The normalized spacial score (nSPS) is 14.5. The molecule has 0 bridgehead atoms. The molecule has 2 heterocycles. The summed E-state index contributed by atoms with van der Waals surface area (Å²) in [6, 6.07) is 15.3. The number of methoxy groups -OCH3 is 1. The maximum atomic E-state index is 13.2. The zero-order chi connectivity index (χ0) is 18.3. The number of aryl methyl sites for hydroxylation is 1. The summed E-state index contributed by atoms with van der Waals surface area (Å²) in [5, 5.41) is 0.856. The Balaban J connectivity index is 1.74. The van der Waals surface area contributed by atoms with Crippen molar-refractivity contribution >= 4 is 22.6 Å². The van der Waals surface area contributed by atoms with Crippen LogP contribution >= 0.6 is 0 Å². The second kappa shape index (κ2) is 6.33. The summed E-state index contributed by atoms with van der Waals surface area (Å²) in [7, 11) is 3.48. The second-order valence-corrected chi connectivity index (χ2v) is 6.55. The number of fused-ring (bicyclic) bond motifs is 3. The van der Waals surface area contributed by atoms with Gasteiger partial charge < -0.3 is 14.2 Å². The first kappa shape index (κ1) is 16.4. The Labute approximate surface area is 151 Å². The maximum absolute atomic E-state index is 13.2. The number of amides is 1. The minimum Gasteiger partial charge on any atom is -0.497 e. The van der Waals surface area contributed by atoms with Gasteiger partial charge in [-0.15, -0.1) is 0 Å². The molecule has 0 fully saturated rings. The van der Waals surface area contributed by atoms with Gasteiger partial charge in [0.05, 0.1) is 12.7 Å². The van der Waals surface area contributed by atoms with E-state index in [4.69, 9.17) is 4.74 Å². The van der Waals surface area contributed by atoms with E-state index in [1.165, 1.54) is 0 Å². The van der Waals surface area contributed by atoms with Gasteiger partial charge in [0.1, 0.15) is 11.4 Å². The molecule has 1 aromatic heterocycles. The van der Waals surface area contributed by atoms with Gasteiger partial charge in [0, 0.05) is 37.5 Å². The van der Waals surface area contributed by atoms with Crippen LogP contribution in [-0.4, -0.2) is 34.8 Å². The third-order valence-corrected chi connectivity index (χ3v) is 5.02. The Kier molecular flexibility index (Phi) is 3.99. The molecule has 1 amide bonds. The van der Waals surface area contributed by atoms with E-state index in [1.807, 2.05) is 60.1 Å². The molecular weight excluding hydrogens is 328 g/mol. The van der Waals surface area contributed by atoms with E-state index in [9.17, 15) is 9.59 Å². The monoisotopic (exact) mass is 348 g/mol. The zero-order valence-electron chi connectivity index (χ0n) is 14.9. The first-order valence-corrected chi connectivity index (χ1v) is 8.63. The highest BCUT2D eigenvalue weighted by Gasteiger charge is 2.32. The number of carbonyl (C=O) groups excluding carboxylic acids is 2. The molecule has 0 spiro atoms. The van der Waals surface area contributed by atoms with E-state index in [-0.39, 0.29) is 11.7 Å². The Bertz CT molecular complexity index is 1000. The third-order valence-electron chi connectivity index (χ3n) is 5.02. The highest BCUT2D eigenvalue weighted by Crippen LogP contribution is 2.30. The number of rotatable bonds is 3. The van der Waals surface area contributed by atoms with Gasteiger partial charge in [-0.05, 0) is 23.8 Å². The predicted molar refractivity (Wildman–Crippen MR) is 99.6 cm³/mol. The maximum Gasteiger partial charge on any atom is 0.271 e. The summed E-state index contributed by atoms with van der Waals surface area (Å²) in [6.07, 6.45) is 0.336. The Morgan fingerprint density at radius 1 is 1.04 bits per heavy atom. The van der Waals surface area contributed by atoms with Crippen LogP contribution in [0.5, 0.6) is 5.75 Å². The number of benzene rings is 2. The van der Waals surface area contributed by atoms with Crippen molar-refractivity contribution in [3.63, 3.8) is 0 Å². The van der Waals surface area contributed by atoms with Crippen molar-refractivity contribution in [3.05, 3.63) is 65.4 Å². The molecule has 3 aromatic rings. The molecule has 2 aromatic carbocycles. The molecule has 132 valence electrons. The molecule has 1 aliphatic rings. The SMILES string of the molecule is COc1ccc(CN2CCC(=O)c3c(n(C)c4ccccc34)C2=O)cc1. The number of hydrogen-bond donors (Lipinski definition) is 0. The highest BCUT2D eigenvalue weighted by atomic mass is 16.5. The van der Waals surface area contributed by atoms with Crippen molar-refractivity contribution in [2.24, 2.45) is 7.05 Å². The average molecular weight is 348 g/mol. The van der Waals surface area contributed by atoms with E-state index >= 15 is 0 Å². The van der Waals surface area contributed by atoms with Crippen molar-refractivity contribution in [2.45, 2.75) is 13.0 Å². The lowest BCUT2D eigenvalue weighted by Gasteiger charge is -2.21. The Hall–Kier alpha value is -3.08. The molecule has 0 N–H and O–H groups in total. The second-order valence-electron chi connectivity index (χ2n) is 6.55. The first-order chi connectivity index (χ1) is 12.6. The number of carbonyl (C=O) groups is 2.